The number of amides is 1. The molecule has 4 heteroatoms. The van der Waals surface area contributed by atoms with Crippen molar-refractivity contribution in [1.82, 2.24) is 4.90 Å². The van der Waals surface area contributed by atoms with E-state index < -0.39 is 6.10 Å². The highest BCUT2D eigenvalue weighted by Gasteiger charge is 2.42. The average Bonchev–Trinajstić information content (AvgIpc) is 3.20. The summed E-state index contributed by atoms with van der Waals surface area (Å²) in [4.78, 5) is 13.3. The number of carbonyl (C=O) groups excluding carboxylic acids is 1. The molecule has 0 aliphatic heterocycles. The molecule has 4 nitrogen and oxygen atoms in total. The maximum atomic E-state index is 11.6. The van der Waals surface area contributed by atoms with Crippen LogP contribution in [0.1, 0.15) is 71.6 Å². The Labute approximate surface area is 183 Å². The number of aliphatic hydroxyl groups is 2. The maximum Gasteiger partial charge on any atom is 0.222 e. The predicted molar refractivity (Wildman–Crippen MR) is 124 cm³/mol. The molecule has 0 spiro atoms. The van der Waals surface area contributed by atoms with E-state index >= 15 is 0 Å². The van der Waals surface area contributed by atoms with E-state index in [9.17, 15) is 15.0 Å². The van der Waals surface area contributed by atoms with Crippen molar-refractivity contribution in [3.63, 3.8) is 0 Å². The van der Waals surface area contributed by atoms with Gasteiger partial charge in [0.15, 0.2) is 0 Å². The highest BCUT2D eigenvalue weighted by atomic mass is 16.3. The Morgan fingerprint density at radius 2 is 2.10 bits per heavy atom. The Hall–Kier alpha value is -1.39. The Balaban J connectivity index is 1.79. The van der Waals surface area contributed by atoms with Gasteiger partial charge in [-0.25, -0.2) is 0 Å². The molecular formula is C26H43NO3. The normalized spacial score (nSPS) is 28.1. The molecule has 2 aliphatic rings. The van der Waals surface area contributed by atoms with E-state index in [1.54, 1.807) is 19.0 Å². The third-order valence-electron chi connectivity index (χ3n) is 6.74. The minimum atomic E-state index is -0.415. The standard InChI is InChI=1S/C26H43NO3/c1-5-6-10-19(2)15-22(28)13-14-23-24-17-20(16-21(24)18-25(23)29)11-8-7-9-12-26(30)27(3)4/h8,11,13-14,16,19,21-25,28-29H,5-7,9-10,12,15,17-18H2,1-4H3/t19-,21-,22+,23+,24-,25+/m0/s1. The molecular weight excluding hydrogens is 374 g/mol. The van der Waals surface area contributed by atoms with Crippen LogP contribution in [0.2, 0.25) is 0 Å². The van der Waals surface area contributed by atoms with Gasteiger partial charge >= 0.3 is 0 Å². The van der Waals surface area contributed by atoms with Gasteiger partial charge in [-0.2, -0.15) is 0 Å². The van der Waals surface area contributed by atoms with Gasteiger partial charge in [0.25, 0.3) is 0 Å². The van der Waals surface area contributed by atoms with Crippen molar-refractivity contribution in [1.29, 1.82) is 0 Å². The smallest absolute Gasteiger partial charge is 0.222 e. The van der Waals surface area contributed by atoms with Crippen LogP contribution in [0.25, 0.3) is 0 Å². The molecule has 2 N–H and O–H groups in total. The zero-order valence-corrected chi connectivity index (χ0v) is 19.5. The molecule has 0 aromatic carbocycles. The number of carbonyl (C=O) groups is 1. The first kappa shape index (κ1) is 24.9. The summed E-state index contributed by atoms with van der Waals surface area (Å²) in [5, 5.41) is 20.9. The molecule has 2 rings (SSSR count). The van der Waals surface area contributed by atoms with Crippen molar-refractivity contribution in [2.24, 2.45) is 23.7 Å². The number of fused-ring (bicyclic) bond motifs is 1. The Morgan fingerprint density at radius 3 is 2.80 bits per heavy atom. The zero-order valence-electron chi connectivity index (χ0n) is 19.5. The van der Waals surface area contributed by atoms with E-state index in [1.807, 2.05) is 6.08 Å². The first-order chi connectivity index (χ1) is 14.3. The Kier molecular flexibility index (Phi) is 10.3. The van der Waals surface area contributed by atoms with Crippen LogP contribution >= 0.6 is 0 Å². The number of hydrogen-bond donors (Lipinski definition) is 2. The molecule has 2 aliphatic carbocycles. The molecule has 6 atom stereocenters. The van der Waals surface area contributed by atoms with Gasteiger partial charge in [0, 0.05) is 26.4 Å². The van der Waals surface area contributed by atoms with Crippen molar-refractivity contribution in [2.45, 2.75) is 83.8 Å². The third-order valence-corrected chi connectivity index (χ3v) is 6.74. The highest BCUT2D eigenvalue weighted by molar-refractivity contribution is 5.75. The van der Waals surface area contributed by atoms with Gasteiger partial charge in [-0.15, -0.1) is 0 Å². The molecule has 0 heterocycles. The number of unbranched alkanes of at least 4 members (excludes halogenated alkanes) is 2. The van der Waals surface area contributed by atoms with Crippen LogP contribution in [0.3, 0.4) is 0 Å². The molecule has 0 unspecified atom stereocenters. The van der Waals surface area contributed by atoms with Crippen LogP contribution in [0.5, 0.6) is 0 Å². The van der Waals surface area contributed by atoms with Crippen molar-refractivity contribution in [2.75, 3.05) is 14.1 Å². The fourth-order valence-corrected chi connectivity index (χ4v) is 4.92. The van der Waals surface area contributed by atoms with Crippen molar-refractivity contribution in [3.8, 4) is 0 Å². The zero-order chi connectivity index (χ0) is 22.1. The lowest BCUT2D eigenvalue weighted by atomic mass is 9.88. The molecule has 1 saturated carbocycles. The largest absolute Gasteiger partial charge is 0.392 e. The average molecular weight is 418 g/mol. The topological polar surface area (TPSA) is 60.8 Å². The van der Waals surface area contributed by atoms with Gasteiger partial charge in [0.1, 0.15) is 0 Å². The molecule has 30 heavy (non-hydrogen) atoms. The number of aliphatic hydroxyl groups excluding tert-OH is 2. The summed E-state index contributed by atoms with van der Waals surface area (Å²) in [7, 11) is 3.59. The fourth-order valence-electron chi connectivity index (χ4n) is 4.92. The van der Waals surface area contributed by atoms with Gasteiger partial charge in [-0.3, -0.25) is 4.79 Å². The van der Waals surface area contributed by atoms with Crippen LogP contribution in [0.15, 0.2) is 36.0 Å². The first-order valence-corrected chi connectivity index (χ1v) is 11.9. The lowest BCUT2D eigenvalue weighted by Crippen LogP contribution is -2.20. The predicted octanol–water partition coefficient (Wildman–Crippen LogP) is 4.88. The van der Waals surface area contributed by atoms with E-state index in [0.717, 1.165) is 32.1 Å². The maximum absolute atomic E-state index is 11.6. The van der Waals surface area contributed by atoms with E-state index in [-0.39, 0.29) is 17.9 Å². The van der Waals surface area contributed by atoms with Gasteiger partial charge in [0.2, 0.25) is 5.91 Å². The molecule has 0 aromatic heterocycles. The second kappa shape index (κ2) is 12.5. The Morgan fingerprint density at radius 1 is 1.33 bits per heavy atom. The van der Waals surface area contributed by atoms with E-state index in [0.29, 0.717) is 24.2 Å². The molecule has 1 fully saturated rings. The summed E-state index contributed by atoms with van der Waals surface area (Å²) in [5.41, 5.74) is 1.35. The molecule has 0 saturated heterocycles. The minimum absolute atomic E-state index is 0.135. The summed E-state index contributed by atoms with van der Waals surface area (Å²) >= 11 is 0. The van der Waals surface area contributed by atoms with E-state index in [2.05, 4.69) is 38.2 Å². The van der Waals surface area contributed by atoms with Crippen LogP contribution in [-0.2, 0) is 4.79 Å². The minimum Gasteiger partial charge on any atom is -0.392 e. The molecule has 0 radical (unpaired) electrons. The van der Waals surface area contributed by atoms with Gasteiger partial charge < -0.3 is 15.1 Å². The quantitative estimate of drug-likeness (QED) is 0.351. The van der Waals surface area contributed by atoms with Gasteiger partial charge in [-0.05, 0) is 49.9 Å². The Bertz CT molecular complexity index is 622. The van der Waals surface area contributed by atoms with Crippen molar-refractivity contribution >= 4 is 5.91 Å². The second-order valence-electron chi connectivity index (χ2n) is 9.67. The van der Waals surface area contributed by atoms with E-state index in [4.69, 9.17) is 0 Å². The third kappa shape index (κ3) is 7.70. The first-order valence-electron chi connectivity index (χ1n) is 11.9. The summed E-state index contributed by atoms with van der Waals surface area (Å²) in [6.45, 7) is 4.41. The van der Waals surface area contributed by atoms with Gasteiger partial charge in [0.05, 0.1) is 12.2 Å². The summed E-state index contributed by atoms with van der Waals surface area (Å²) in [5.74, 6) is 1.73. The van der Waals surface area contributed by atoms with Crippen LogP contribution in [-0.4, -0.2) is 47.3 Å². The number of allylic oxidation sites excluding steroid dienone is 4. The highest BCUT2D eigenvalue weighted by Crippen LogP contribution is 2.47. The van der Waals surface area contributed by atoms with Crippen molar-refractivity contribution < 1.29 is 15.0 Å². The fraction of sp³-hybridized carbons (Fsp3) is 0.731. The lowest BCUT2D eigenvalue weighted by Gasteiger charge is -2.19. The monoisotopic (exact) mass is 417 g/mol. The number of nitrogens with zero attached hydrogens (tertiary/aromatic N) is 1. The van der Waals surface area contributed by atoms with Gasteiger partial charge in [-0.1, -0.05) is 69.1 Å². The van der Waals surface area contributed by atoms with Crippen molar-refractivity contribution in [3.05, 3.63) is 36.0 Å². The van der Waals surface area contributed by atoms with Crippen LogP contribution in [0.4, 0.5) is 0 Å². The summed E-state index contributed by atoms with van der Waals surface area (Å²) in [6, 6.07) is 0. The number of hydrogen-bond acceptors (Lipinski definition) is 3. The molecule has 0 aromatic rings. The van der Waals surface area contributed by atoms with Crippen LogP contribution in [0, 0.1) is 23.7 Å². The molecule has 170 valence electrons. The molecule has 1 amide bonds. The van der Waals surface area contributed by atoms with Crippen LogP contribution < -0.4 is 0 Å². The number of rotatable bonds is 12. The SMILES string of the molecule is CCCC[C@H](C)C[C@H](O)C=C[C@@H]1[C@H]2CC(C=CCCCC(=O)N(C)C)=C[C@H]2C[C@H]1O. The summed E-state index contributed by atoms with van der Waals surface area (Å²) in [6.07, 6.45) is 18.6. The summed E-state index contributed by atoms with van der Waals surface area (Å²) < 4.78 is 0. The van der Waals surface area contributed by atoms with E-state index in [1.165, 1.54) is 24.8 Å². The lowest BCUT2D eigenvalue weighted by molar-refractivity contribution is -0.128. The molecule has 0 bridgehead atoms. The second-order valence-corrected chi connectivity index (χ2v) is 9.67.